The Morgan fingerprint density at radius 2 is 2.00 bits per heavy atom. The van der Waals surface area contributed by atoms with Crippen LogP contribution in [0, 0.1) is 11.3 Å². The standard InChI is InChI=1S/C6H11F2NS/c1-10(7,8)6-4-2-3-5-9/h2-4,6H2,1H3. The topological polar surface area (TPSA) is 23.8 Å². The third-order valence-corrected chi connectivity index (χ3v) is 2.05. The average molecular weight is 167 g/mol. The normalized spacial score (nSPS) is 12.6. The van der Waals surface area contributed by atoms with Gasteiger partial charge in [0.2, 0.25) is 0 Å². The highest BCUT2D eigenvalue weighted by Gasteiger charge is 2.12. The number of unbranched alkanes of at least 4 members (excludes halogenated alkanes) is 2. The van der Waals surface area contributed by atoms with Gasteiger partial charge < -0.3 is 0 Å². The van der Waals surface area contributed by atoms with E-state index in [4.69, 9.17) is 5.26 Å². The van der Waals surface area contributed by atoms with Crippen molar-refractivity contribution in [1.82, 2.24) is 0 Å². The highest BCUT2D eigenvalue weighted by atomic mass is 32.3. The van der Waals surface area contributed by atoms with E-state index in [-0.39, 0.29) is 5.75 Å². The number of nitrogens with zero attached hydrogens (tertiary/aromatic N) is 1. The highest BCUT2D eigenvalue weighted by Crippen LogP contribution is 2.47. The fraction of sp³-hybridized carbons (Fsp3) is 0.833. The van der Waals surface area contributed by atoms with Crippen molar-refractivity contribution in [2.75, 3.05) is 12.0 Å². The molecule has 0 rings (SSSR count). The lowest BCUT2D eigenvalue weighted by Crippen LogP contribution is -1.89. The minimum atomic E-state index is -3.31. The Morgan fingerprint density at radius 1 is 1.40 bits per heavy atom. The summed E-state index contributed by atoms with van der Waals surface area (Å²) < 4.78 is 24.3. The van der Waals surface area contributed by atoms with E-state index in [9.17, 15) is 7.77 Å². The van der Waals surface area contributed by atoms with E-state index >= 15 is 0 Å². The van der Waals surface area contributed by atoms with Crippen LogP contribution in [-0.2, 0) is 0 Å². The molecule has 0 aromatic carbocycles. The molecule has 0 atom stereocenters. The van der Waals surface area contributed by atoms with Crippen LogP contribution in [0.15, 0.2) is 0 Å². The molecule has 0 unspecified atom stereocenters. The second-order valence-corrected chi connectivity index (χ2v) is 4.35. The van der Waals surface area contributed by atoms with Crippen molar-refractivity contribution in [2.45, 2.75) is 19.3 Å². The van der Waals surface area contributed by atoms with Crippen molar-refractivity contribution in [3.63, 3.8) is 0 Å². The van der Waals surface area contributed by atoms with Gasteiger partial charge in [-0.25, -0.2) is 0 Å². The largest absolute Gasteiger partial charge is 0.198 e. The number of nitriles is 1. The van der Waals surface area contributed by atoms with E-state index in [1.807, 2.05) is 6.07 Å². The second-order valence-electron chi connectivity index (χ2n) is 2.19. The van der Waals surface area contributed by atoms with Gasteiger partial charge in [0.1, 0.15) is 0 Å². The van der Waals surface area contributed by atoms with Gasteiger partial charge in [0.25, 0.3) is 0 Å². The Kier molecular flexibility index (Phi) is 4.37. The maximum atomic E-state index is 12.2. The lowest BCUT2D eigenvalue weighted by atomic mass is 10.3. The third kappa shape index (κ3) is 7.70. The van der Waals surface area contributed by atoms with Crippen molar-refractivity contribution >= 4 is 10.8 Å². The van der Waals surface area contributed by atoms with Gasteiger partial charge in [-0.15, -0.1) is 0 Å². The van der Waals surface area contributed by atoms with Crippen molar-refractivity contribution in [3.05, 3.63) is 0 Å². The van der Waals surface area contributed by atoms with Crippen LogP contribution in [-0.4, -0.2) is 12.0 Å². The maximum absolute atomic E-state index is 12.2. The van der Waals surface area contributed by atoms with E-state index in [0.29, 0.717) is 19.3 Å². The minimum Gasteiger partial charge on any atom is -0.198 e. The van der Waals surface area contributed by atoms with E-state index < -0.39 is 10.8 Å². The Hall–Kier alpha value is -0.300. The fourth-order valence-corrected chi connectivity index (χ4v) is 1.27. The van der Waals surface area contributed by atoms with Gasteiger partial charge in [0.05, 0.1) is 16.9 Å². The van der Waals surface area contributed by atoms with Crippen LogP contribution in [0.1, 0.15) is 19.3 Å². The van der Waals surface area contributed by atoms with Gasteiger partial charge >= 0.3 is 0 Å². The number of hydrogen-bond acceptors (Lipinski definition) is 1. The van der Waals surface area contributed by atoms with E-state index in [1.54, 1.807) is 0 Å². The molecule has 0 aliphatic heterocycles. The molecule has 0 saturated heterocycles. The SMILES string of the molecule is CS(F)(F)CCCCC#N. The quantitative estimate of drug-likeness (QED) is 0.590. The lowest BCUT2D eigenvalue weighted by molar-refractivity contribution is 0.725. The molecule has 60 valence electrons. The smallest absolute Gasteiger partial charge is 0.0621 e. The molecule has 0 heterocycles. The van der Waals surface area contributed by atoms with Crippen molar-refractivity contribution in [3.8, 4) is 6.07 Å². The molecule has 0 saturated carbocycles. The first kappa shape index (κ1) is 9.70. The first-order valence-electron chi connectivity index (χ1n) is 3.08. The van der Waals surface area contributed by atoms with E-state index in [2.05, 4.69) is 0 Å². The predicted octanol–water partition coefficient (Wildman–Crippen LogP) is 2.88. The summed E-state index contributed by atoms with van der Waals surface area (Å²) in [5.74, 6) is -0.0192. The Morgan fingerprint density at radius 3 is 2.40 bits per heavy atom. The van der Waals surface area contributed by atoms with Gasteiger partial charge in [-0.2, -0.15) is 13.0 Å². The molecule has 0 radical (unpaired) electrons. The van der Waals surface area contributed by atoms with E-state index in [1.165, 1.54) is 0 Å². The fourth-order valence-electron chi connectivity index (χ4n) is 0.560. The molecule has 0 fully saturated rings. The van der Waals surface area contributed by atoms with Crippen LogP contribution in [0.3, 0.4) is 0 Å². The average Bonchev–Trinajstić information content (AvgIpc) is 1.78. The van der Waals surface area contributed by atoms with Crippen LogP contribution in [0.25, 0.3) is 0 Å². The van der Waals surface area contributed by atoms with Gasteiger partial charge in [-0.05, 0) is 12.8 Å². The molecule has 10 heavy (non-hydrogen) atoms. The van der Waals surface area contributed by atoms with Crippen LogP contribution < -0.4 is 0 Å². The van der Waals surface area contributed by atoms with Gasteiger partial charge in [-0.3, -0.25) is 0 Å². The minimum absolute atomic E-state index is 0.0192. The third-order valence-electron chi connectivity index (χ3n) is 1.04. The van der Waals surface area contributed by atoms with E-state index in [0.717, 1.165) is 6.26 Å². The molecule has 0 spiro atoms. The predicted molar refractivity (Wildman–Crippen MR) is 40.1 cm³/mol. The van der Waals surface area contributed by atoms with Crippen molar-refractivity contribution < 1.29 is 7.77 Å². The summed E-state index contributed by atoms with van der Waals surface area (Å²) in [7, 11) is -3.31. The molecule has 0 aliphatic carbocycles. The Bertz CT molecular complexity index is 125. The highest BCUT2D eigenvalue weighted by molar-refractivity contribution is 8.24. The van der Waals surface area contributed by atoms with Crippen LogP contribution in [0.2, 0.25) is 0 Å². The molecule has 0 aromatic rings. The molecule has 0 bridgehead atoms. The molecular formula is C6H11F2NS. The maximum Gasteiger partial charge on any atom is 0.0621 e. The monoisotopic (exact) mass is 167 g/mol. The van der Waals surface area contributed by atoms with Crippen LogP contribution in [0.5, 0.6) is 0 Å². The summed E-state index contributed by atoms with van der Waals surface area (Å²) >= 11 is 0. The summed E-state index contributed by atoms with van der Waals surface area (Å²) in [6, 6.07) is 1.92. The zero-order valence-corrected chi connectivity index (χ0v) is 6.76. The van der Waals surface area contributed by atoms with Crippen molar-refractivity contribution in [2.24, 2.45) is 0 Å². The number of rotatable bonds is 4. The summed E-state index contributed by atoms with van der Waals surface area (Å²) in [4.78, 5) is 0. The van der Waals surface area contributed by atoms with Gasteiger partial charge in [-0.1, -0.05) is 0 Å². The van der Waals surface area contributed by atoms with Crippen molar-refractivity contribution in [1.29, 1.82) is 5.26 Å². The number of hydrogen-bond donors (Lipinski definition) is 0. The summed E-state index contributed by atoms with van der Waals surface area (Å²) in [6.45, 7) is 0. The molecule has 0 amide bonds. The molecule has 4 heteroatoms. The zero-order valence-electron chi connectivity index (χ0n) is 5.94. The first-order valence-corrected chi connectivity index (χ1v) is 5.09. The molecule has 1 nitrogen and oxygen atoms in total. The van der Waals surface area contributed by atoms with Gasteiger partial charge in [0.15, 0.2) is 0 Å². The molecule has 0 aromatic heterocycles. The van der Waals surface area contributed by atoms with Crippen LogP contribution in [0.4, 0.5) is 7.77 Å². The molecular weight excluding hydrogens is 156 g/mol. The summed E-state index contributed by atoms with van der Waals surface area (Å²) in [6.07, 6.45) is 2.47. The van der Waals surface area contributed by atoms with Gasteiger partial charge in [0, 0.05) is 18.4 Å². The Balaban J connectivity index is 3.14. The lowest BCUT2D eigenvalue weighted by Gasteiger charge is -2.12. The van der Waals surface area contributed by atoms with Crippen LogP contribution >= 0.6 is 10.8 Å². The first-order chi connectivity index (χ1) is 4.56. The second kappa shape index (κ2) is 4.51. The number of halogens is 2. The summed E-state index contributed by atoms with van der Waals surface area (Å²) in [5.41, 5.74) is 0. The summed E-state index contributed by atoms with van der Waals surface area (Å²) in [5, 5.41) is 8.06. The molecule has 0 N–H and O–H groups in total. The zero-order chi connectivity index (χ0) is 8.04. The molecule has 0 aliphatic rings. The Labute approximate surface area is 61.9 Å².